The predicted molar refractivity (Wildman–Crippen MR) is 47.9 cm³/mol. The molecule has 6 heteroatoms. The van der Waals surface area contributed by atoms with E-state index in [1.54, 1.807) is 0 Å². The van der Waals surface area contributed by atoms with Crippen molar-refractivity contribution in [2.45, 2.75) is 5.79 Å². The Morgan fingerprint density at radius 3 is 2.50 bits per heavy atom. The lowest BCUT2D eigenvalue weighted by Crippen LogP contribution is -2.35. The van der Waals surface area contributed by atoms with Crippen LogP contribution < -0.4 is 0 Å². The molecule has 3 N–H and O–H groups in total. The lowest BCUT2D eigenvalue weighted by molar-refractivity contribution is -0.208. The van der Waals surface area contributed by atoms with Gasteiger partial charge in [-0.05, 0) is 18.2 Å². The van der Waals surface area contributed by atoms with E-state index in [9.17, 15) is 9.18 Å². The number of hydrogen-bond donors (Lipinski definition) is 3. The maximum Gasteiger partial charge on any atom is 0.369 e. The molecule has 0 fully saturated rings. The fourth-order valence-electron chi connectivity index (χ4n) is 0.880. The Balaban J connectivity index is 3.31. The number of carboxylic acid groups (broad SMARTS) is 1. The van der Waals surface area contributed by atoms with Crippen LogP contribution in [-0.2, 0) is 10.6 Å². The van der Waals surface area contributed by atoms with E-state index in [2.05, 4.69) is 15.9 Å². The SMILES string of the molecule is O=C(O)C(O)(O)c1cc(F)ccc1Br. The van der Waals surface area contributed by atoms with E-state index in [1.807, 2.05) is 0 Å². The van der Waals surface area contributed by atoms with Gasteiger partial charge in [-0.2, -0.15) is 0 Å². The van der Waals surface area contributed by atoms with Crippen LogP contribution >= 0.6 is 15.9 Å². The highest BCUT2D eigenvalue weighted by Gasteiger charge is 2.37. The largest absolute Gasteiger partial charge is 0.477 e. The summed E-state index contributed by atoms with van der Waals surface area (Å²) in [5.41, 5.74) is -0.454. The average Bonchev–Trinajstić information content (AvgIpc) is 2.08. The first kappa shape index (κ1) is 11.1. The second kappa shape index (κ2) is 3.64. The summed E-state index contributed by atoms with van der Waals surface area (Å²) in [5.74, 6) is -5.72. The minimum Gasteiger partial charge on any atom is -0.477 e. The molecule has 0 unspecified atom stereocenters. The molecule has 76 valence electrons. The summed E-state index contributed by atoms with van der Waals surface area (Å²) in [6.45, 7) is 0. The fourth-order valence-corrected chi connectivity index (χ4v) is 1.40. The molecule has 0 aliphatic carbocycles. The zero-order valence-electron chi connectivity index (χ0n) is 6.74. The lowest BCUT2D eigenvalue weighted by Gasteiger charge is -2.17. The first-order valence-electron chi connectivity index (χ1n) is 3.49. The molecule has 0 radical (unpaired) electrons. The monoisotopic (exact) mass is 264 g/mol. The highest BCUT2D eigenvalue weighted by molar-refractivity contribution is 9.10. The van der Waals surface area contributed by atoms with Crippen LogP contribution in [0.4, 0.5) is 4.39 Å². The van der Waals surface area contributed by atoms with Crippen molar-refractivity contribution < 1.29 is 24.5 Å². The van der Waals surface area contributed by atoms with Crippen molar-refractivity contribution in [1.29, 1.82) is 0 Å². The normalized spacial score (nSPS) is 11.4. The molecule has 0 saturated carbocycles. The van der Waals surface area contributed by atoms with Crippen molar-refractivity contribution in [3.63, 3.8) is 0 Å². The molecule has 0 heterocycles. The van der Waals surface area contributed by atoms with Gasteiger partial charge in [0.05, 0.1) is 0 Å². The number of hydrogen-bond acceptors (Lipinski definition) is 3. The third kappa shape index (κ3) is 1.92. The van der Waals surface area contributed by atoms with Crippen LogP contribution in [0.25, 0.3) is 0 Å². The van der Waals surface area contributed by atoms with E-state index in [0.717, 1.165) is 12.1 Å². The van der Waals surface area contributed by atoms with Crippen molar-refractivity contribution in [1.82, 2.24) is 0 Å². The van der Waals surface area contributed by atoms with E-state index in [0.29, 0.717) is 0 Å². The summed E-state index contributed by atoms with van der Waals surface area (Å²) < 4.78 is 12.8. The molecular formula is C8H6BrFO4. The number of halogens is 2. The maximum absolute atomic E-state index is 12.7. The Kier molecular flexibility index (Phi) is 2.89. The molecule has 0 spiro atoms. The molecule has 0 aromatic heterocycles. The first-order chi connectivity index (χ1) is 6.35. The highest BCUT2D eigenvalue weighted by atomic mass is 79.9. The molecular weight excluding hydrogens is 259 g/mol. The van der Waals surface area contributed by atoms with Crippen molar-refractivity contribution in [3.8, 4) is 0 Å². The second-order valence-electron chi connectivity index (χ2n) is 2.60. The number of benzene rings is 1. The minimum atomic E-state index is -3.10. The van der Waals surface area contributed by atoms with Gasteiger partial charge >= 0.3 is 5.97 Å². The third-order valence-electron chi connectivity index (χ3n) is 1.60. The van der Waals surface area contributed by atoms with Gasteiger partial charge in [0.15, 0.2) is 0 Å². The van der Waals surface area contributed by atoms with Gasteiger partial charge in [-0.25, -0.2) is 9.18 Å². The number of aliphatic hydroxyl groups is 2. The topological polar surface area (TPSA) is 77.8 Å². The molecule has 0 amide bonds. The van der Waals surface area contributed by atoms with E-state index in [1.165, 1.54) is 6.07 Å². The zero-order chi connectivity index (χ0) is 10.9. The summed E-state index contributed by atoms with van der Waals surface area (Å²) in [6.07, 6.45) is 0. The Morgan fingerprint density at radius 2 is 2.00 bits per heavy atom. The number of carboxylic acids is 1. The average molecular weight is 265 g/mol. The zero-order valence-corrected chi connectivity index (χ0v) is 8.32. The Labute approximate surface area is 86.7 Å². The molecule has 0 saturated heterocycles. The number of aliphatic carboxylic acids is 1. The van der Waals surface area contributed by atoms with E-state index < -0.39 is 23.1 Å². The van der Waals surface area contributed by atoms with Crippen LogP contribution in [0, 0.1) is 5.82 Å². The molecule has 1 aromatic rings. The smallest absolute Gasteiger partial charge is 0.369 e. The van der Waals surface area contributed by atoms with E-state index in [-0.39, 0.29) is 4.47 Å². The van der Waals surface area contributed by atoms with Gasteiger partial charge in [0.1, 0.15) is 5.82 Å². The molecule has 4 nitrogen and oxygen atoms in total. The van der Waals surface area contributed by atoms with Crippen molar-refractivity contribution in [2.24, 2.45) is 0 Å². The summed E-state index contributed by atoms with van der Waals surface area (Å²) in [5, 5.41) is 26.7. The number of rotatable bonds is 2. The molecule has 0 atom stereocenters. The quantitative estimate of drug-likeness (QED) is 0.691. The standard InChI is InChI=1S/C8H6BrFO4/c9-6-2-1-4(10)3-5(6)8(13,14)7(11)12/h1-3,13-14H,(H,11,12). The molecule has 0 aliphatic rings. The van der Waals surface area contributed by atoms with Gasteiger partial charge in [0.25, 0.3) is 5.79 Å². The van der Waals surface area contributed by atoms with Gasteiger partial charge in [0, 0.05) is 10.0 Å². The van der Waals surface area contributed by atoms with Crippen molar-refractivity contribution >= 4 is 21.9 Å². The first-order valence-corrected chi connectivity index (χ1v) is 4.28. The Morgan fingerprint density at radius 1 is 1.43 bits per heavy atom. The minimum absolute atomic E-state index is 0.103. The number of carbonyl (C=O) groups is 1. The molecule has 14 heavy (non-hydrogen) atoms. The van der Waals surface area contributed by atoms with Crippen molar-refractivity contribution in [3.05, 3.63) is 34.1 Å². The van der Waals surface area contributed by atoms with Gasteiger partial charge < -0.3 is 15.3 Å². The molecule has 1 rings (SSSR count). The van der Waals surface area contributed by atoms with Crippen LogP contribution in [0.5, 0.6) is 0 Å². The van der Waals surface area contributed by atoms with Gasteiger partial charge in [-0.15, -0.1) is 0 Å². The van der Waals surface area contributed by atoms with Crippen LogP contribution in [0.3, 0.4) is 0 Å². The summed E-state index contributed by atoms with van der Waals surface area (Å²) in [7, 11) is 0. The maximum atomic E-state index is 12.7. The molecule has 0 aliphatic heterocycles. The van der Waals surface area contributed by atoms with Gasteiger partial charge in [-0.3, -0.25) is 0 Å². The summed E-state index contributed by atoms with van der Waals surface area (Å²) in [6, 6.07) is 2.98. The fraction of sp³-hybridized carbons (Fsp3) is 0.125. The lowest BCUT2D eigenvalue weighted by atomic mass is 10.1. The van der Waals surface area contributed by atoms with Gasteiger partial charge in [-0.1, -0.05) is 15.9 Å². The van der Waals surface area contributed by atoms with Crippen LogP contribution in [0.2, 0.25) is 0 Å². The highest BCUT2D eigenvalue weighted by Crippen LogP contribution is 2.27. The second-order valence-corrected chi connectivity index (χ2v) is 3.46. The van der Waals surface area contributed by atoms with Crippen LogP contribution in [-0.4, -0.2) is 21.3 Å². The van der Waals surface area contributed by atoms with E-state index >= 15 is 0 Å². The predicted octanol–water partition coefficient (Wildman–Crippen LogP) is 0.810. The molecule has 1 aromatic carbocycles. The van der Waals surface area contributed by atoms with Crippen LogP contribution in [0.1, 0.15) is 5.56 Å². The Bertz CT molecular complexity index is 378. The Hall–Kier alpha value is -0.980. The molecule has 0 bridgehead atoms. The van der Waals surface area contributed by atoms with Gasteiger partial charge in [0.2, 0.25) is 0 Å². The van der Waals surface area contributed by atoms with Crippen LogP contribution in [0.15, 0.2) is 22.7 Å². The summed E-state index contributed by atoms with van der Waals surface area (Å²) in [4.78, 5) is 10.4. The van der Waals surface area contributed by atoms with Crippen molar-refractivity contribution in [2.75, 3.05) is 0 Å². The third-order valence-corrected chi connectivity index (χ3v) is 2.29. The summed E-state index contributed by atoms with van der Waals surface area (Å²) >= 11 is 2.88. The van der Waals surface area contributed by atoms with E-state index in [4.69, 9.17) is 15.3 Å².